The highest BCUT2D eigenvalue weighted by Crippen LogP contribution is 2.36. The van der Waals surface area contributed by atoms with E-state index >= 15 is 0 Å². The molecule has 0 heterocycles. The minimum atomic E-state index is -0.842. The number of hydrogen-bond donors (Lipinski definition) is 0. The predicted molar refractivity (Wildman–Crippen MR) is 82.9 cm³/mol. The van der Waals surface area contributed by atoms with Gasteiger partial charge in [-0.1, -0.05) is 42.0 Å². The lowest BCUT2D eigenvalue weighted by Gasteiger charge is -2.38. The van der Waals surface area contributed by atoms with E-state index in [1.807, 2.05) is 25.1 Å². The molecule has 1 aromatic carbocycles. The van der Waals surface area contributed by atoms with Gasteiger partial charge in [-0.25, -0.2) is 0 Å². The molecule has 0 bridgehead atoms. The molecule has 0 spiro atoms. The van der Waals surface area contributed by atoms with Crippen LogP contribution in [0.3, 0.4) is 0 Å². The quantitative estimate of drug-likeness (QED) is 0.615. The highest BCUT2D eigenvalue weighted by Gasteiger charge is 2.41. The van der Waals surface area contributed by atoms with Gasteiger partial charge in [0.2, 0.25) is 0 Å². The molecule has 3 nitrogen and oxygen atoms in total. The maximum absolute atomic E-state index is 11.7. The molecule has 0 N–H and O–H groups in total. The Morgan fingerprint density at radius 3 is 2.57 bits per heavy atom. The molecule has 0 radical (unpaired) electrons. The Morgan fingerprint density at radius 2 is 1.95 bits per heavy atom. The van der Waals surface area contributed by atoms with E-state index in [-0.39, 0.29) is 11.7 Å². The Bertz CT molecular complexity index is 539. The van der Waals surface area contributed by atoms with Gasteiger partial charge in [0, 0.05) is 26.6 Å². The molecule has 0 aromatic heterocycles. The van der Waals surface area contributed by atoms with Gasteiger partial charge in [-0.05, 0) is 31.1 Å². The van der Waals surface area contributed by atoms with E-state index in [4.69, 9.17) is 9.47 Å². The lowest BCUT2D eigenvalue weighted by atomic mass is 9.81. The van der Waals surface area contributed by atoms with Crippen LogP contribution in [0.2, 0.25) is 0 Å². The molecule has 3 heteroatoms. The molecule has 0 amide bonds. The van der Waals surface area contributed by atoms with Crippen LogP contribution in [-0.4, -0.2) is 25.8 Å². The maximum Gasteiger partial charge on any atom is 0.194 e. The first kappa shape index (κ1) is 15.7. The summed E-state index contributed by atoms with van der Waals surface area (Å²) in [7, 11) is 3.22. The zero-order valence-corrected chi connectivity index (χ0v) is 12.8. The van der Waals surface area contributed by atoms with Gasteiger partial charge in [0.25, 0.3) is 0 Å². The van der Waals surface area contributed by atoms with Crippen molar-refractivity contribution >= 4 is 5.78 Å². The smallest absolute Gasteiger partial charge is 0.194 e. The van der Waals surface area contributed by atoms with Gasteiger partial charge >= 0.3 is 0 Å². The zero-order chi connectivity index (χ0) is 15.3. The minimum Gasteiger partial charge on any atom is -0.349 e. The first-order valence-electron chi connectivity index (χ1n) is 7.14. The largest absolute Gasteiger partial charge is 0.349 e. The Labute approximate surface area is 126 Å². The summed E-state index contributed by atoms with van der Waals surface area (Å²) < 4.78 is 11.1. The molecule has 0 saturated heterocycles. The minimum absolute atomic E-state index is 0.0892. The number of benzene rings is 1. The first-order chi connectivity index (χ1) is 10.1. The van der Waals surface area contributed by atoms with Crippen molar-refractivity contribution in [1.82, 2.24) is 0 Å². The van der Waals surface area contributed by atoms with E-state index in [9.17, 15) is 4.79 Å². The first-order valence-corrected chi connectivity index (χ1v) is 7.14. The summed E-state index contributed by atoms with van der Waals surface area (Å²) in [5.41, 5.74) is 2.36. The average Bonchev–Trinajstić information content (AvgIpc) is 2.54. The second kappa shape index (κ2) is 6.83. The molecule has 0 aliphatic heterocycles. The molecular weight excluding hydrogens is 264 g/mol. The van der Waals surface area contributed by atoms with Gasteiger partial charge < -0.3 is 9.47 Å². The van der Waals surface area contributed by atoms with Crippen molar-refractivity contribution in [1.29, 1.82) is 0 Å². The third-order valence-corrected chi connectivity index (χ3v) is 4.08. The summed E-state index contributed by atoms with van der Waals surface area (Å²) in [6.07, 6.45) is 6.68. The second-order valence-electron chi connectivity index (χ2n) is 5.32. The number of carbonyl (C=O) groups is 1. The summed E-state index contributed by atoms with van der Waals surface area (Å²) in [6.45, 7) is 2.03. The molecule has 21 heavy (non-hydrogen) atoms. The molecule has 112 valence electrons. The number of allylic oxidation sites excluding steroid dienone is 2. The Kier molecular flexibility index (Phi) is 5.10. The molecule has 1 unspecified atom stereocenters. The summed E-state index contributed by atoms with van der Waals surface area (Å²) in [5.74, 6) is -0.823. The van der Waals surface area contributed by atoms with E-state index < -0.39 is 5.79 Å². The molecule has 1 aromatic rings. The van der Waals surface area contributed by atoms with Crippen LogP contribution in [-0.2, 0) is 20.7 Å². The normalized spacial score (nSPS) is 21.6. The maximum atomic E-state index is 11.7. The zero-order valence-electron chi connectivity index (χ0n) is 12.8. The number of methoxy groups -OCH3 is 2. The summed E-state index contributed by atoms with van der Waals surface area (Å²) in [4.78, 5) is 11.7. The topological polar surface area (TPSA) is 35.5 Å². The fraction of sp³-hybridized carbons (Fsp3) is 0.389. The van der Waals surface area contributed by atoms with Crippen molar-refractivity contribution in [2.24, 2.45) is 5.92 Å². The standard InChI is InChI=1S/C18H22O3/c1-14(9-10-15-7-5-4-6-8-15)17-13-16(19)11-12-18(17,20-2)21-3/h4-9,11-12,17H,10,13H2,1-3H3. The van der Waals surface area contributed by atoms with Gasteiger partial charge in [0.05, 0.1) is 0 Å². The van der Waals surface area contributed by atoms with E-state index in [0.717, 1.165) is 12.0 Å². The van der Waals surface area contributed by atoms with Crippen LogP contribution in [0.15, 0.2) is 54.1 Å². The lowest BCUT2D eigenvalue weighted by Crippen LogP contribution is -2.44. The molecule has 0 fully saturated rings. The fourth-order valence-corrected chi connectivity index (χ4v) is 2.75. The molecule has 2 rings (SSSR count). The van der Waals surface area contributed by atoms with E-state index in [1.54, 1.807) is 26.4 Å². The van der Waals surface area contributed by atoms with Crippen LogP contribution in [0.4, 0.5) is 0 Å². The van der Waals surface area contributed by atoms with Crippen LogP contribution in [0.1, 0.15) is 18.9 Å². The summed E-state index contributed by atoms with van der Waals surface area (Å²) >= 11 is 0. The van der Waals surface area contributed by atoms with Crippen molar-refractivity contribution in [3.05, 3.63) is 59.7 Å². The molecule has 0 saturated carbocycles. The highest BCUT2D eigenvalue weighted by atomic mass is 16.7. The molecule has 1 atom stereocenters. The van der Waals surface area contributed by atoms with Gasteiger partial charge in [-0.3, -0.25) is 4.79 Å². The lowest BCUT2D eigenvalue weighted by molar-refractivity contribution is -0.200. The van der Waals surface area contributed by atoms with E-state index in [0.29, 0.717) is 6.42 Å². The Hall–Kier alpha value is -1.71. The van der Waals surface area contributed by atoms with Crippen LogP contribution in [0.5, 0.6) is 0 Å². The molecular formula is C18H22O3. The monoisotopic (exact) mass is 286 g/mol. The second-order valence-corrected chi connectivity index (χ2v) is 5.32. The highest BCUT2D eigenvalue weighted by molar-refractivity contribution is 5.91. The number of rotatable bonds is 5. The van der Waals surface area contributed by atoms with E-state index in [2.05, 4.69) is 18.2 Å². The number of ketones is 1. The van der Waals surface area contributed by atoms with Crippen molar-refractivity contribution < 1.29 is 14.3 Å². The van der Waals surface area contributed by atoms with Gasteiger partial charge in [0.1, 0.15) is 0 Å². The van der Waals surface area contributed by atoms with Crippen LogP contribution in [0, 0.1) is 5.92 Å². The third kappa shape index (κ3) is 3.49. The number of hydrogen-bond acceptors (Lipinski definition) is 3. The predicted octanol–water partition coefficient (Wildman–Crippen LogP) is 3.31. The molecule has 1 aliphatic rings. The van der Waals surface area contributed by atoms with Crippen LogP contribution >= 0.6 is 0 Å². The SMILES string of the molecule is COC1(OC)C=CC(=O)CC1C(C)=CCc1ccccc1. The number of ether oxygens (including phenoxy) is 2. The fourth-order valence-electron chi connectivity index (χ4n) is 2.75. The van der Waals surface area contributed by atoms with Crippen LogP contribution < -0.4 is 0 Å². The Morgan fingerprint density at radius 1 is 1.29 bits per heavy atom. The van der Waals surface area contributed by atoms with Crippen molar-refractivity contribution in [3.8, 4) is 0 Å². The van der Waals surface area contributed by atoms with Gasteiger partial charge in [-0.15, -0.1) is 0 Å². The summed E-state index contributed by atoms with van der Waals surface area (Å²) in [6, 6.07) is 10.2. The van der Waals surface area contributed by atoms with Crippen molar-refractivity contribution in [3.63, 3.8) is 0 Å². The van der Waals surface area contributed by atoms with Crippen LogP contribution in [0.25, 0.3) is 0 Å². The van der Waals surface area contributed by atoms with Crippen molar-refractivity contribution in [2.75, 3.05) is 14.2 Å². The Balaban J connectivity index is 2.21. The van der Waals surface area contributed by atoms with E-state index in [1.165, 1.54) is 5.56 Å². The molecule has 1 aliphatic carbocycles. The number of carbonyl (C=O) groups excluding carboxylic acids is 1. The summed E-state index contributed by atoms with van der Waals surface area (Å²) in [5, 5.41) is 0. The third-order valence-electron chi connectivity index (χ3n) is 4.08. The average molecular weight is 286 g/mol. The van der Waals surface area contributed by atoms with Gasteiger partial charge in [-0.2, -0.15) is 0 Å². The van der Waals surface area contributed by atoms with Crippen molar-refractivity contribution in [2.45, 2.75) is 25.6 Å². The van der Waals surface area contributed by atoms with Gasteiger partial charge in [0.15, 0.2) is 11.6 Å².